The minimum Gasteiger partial charge on any atom is -0.423 e. The van der Waals surface area contributed by atoms with E-state index in [4.69, 9.17) is 9.92 Å². The number of benzene rings is 1. The van der Waals surface area contributed by atoms with Crippen molar-refractivity contribution in [1.82, 2.24) is 0 Å². The second-order valence-corrected chi connectivity index (χ2v) is 5.73. The quantitative estimate of drug-likeness (QED) is 0.796. The first-order chi connectivity index (χ1) is 8.58. The van der Waals surface area contributed by atoms with Gasteiger partial charge in [0.15, 0.2) is 0 Å². The minimum atomic E-state index is -1.19. The van der Waals surface area contributed by atoms with Crippen LogP contribution in [0.4, 0.5) is 0 Å². The Morgan fingerprint density at radius 1 is 1.26 bits per heavy atom. The van der Waals surface area contributed by atoms with E-state index < -0.39 is 18.3 Å². The third-order valence-corrected chi connectivity index (χ3v) is 3.55. The van der Waals surface area contributed by atoms with Gasteiger partial charge in [-0.3, -0.25) is 0 Å². The van der Waals surface area contributed by atoms with Gasteiger partial charge in [0.1, 0.15) is 0 Å². The molecule has 19 heavy (non-hydrogen) atoms. The summed E-state index contributed by atoms with van der Waals surface area (Å²) in [6.45, 7) is 8.48. The summed E-state index contributed by atoms with van der Waals surface area (Å²) in [5.41, 5.74) is -0.179. The molecule has 4 nitrogen and oxygen atoms in total. The van der Waals surface area contributed by atoms with E-state index in [-0.39, 0.29) is 0 Å². The Labute approximate surface area is 114 Å². The summed E-state index contributed by atoms with van der Waals surface area (Å²) in [7, 11) is -1.19. The molecular weight excluding hydrogens is 241 g/mol. The fourth-order valence-corrected chi connectivity index (χ4v) is 1.40. The standard InChI is InChI=1S/C14H20BNO3/c1-10-6-7-12(8-11(10)9-16)15(18)19-14(4,5)13(2,3)17/h6-8,17-18H,1-5H3. The molecule has 1 aromatic rings. The van der Waals surface area contributed by atoms with Gasteiger partial charge in [-0.1, -0.05) is 12.1 Å². The Bertz CT molecular complexity index is 500. The van der Waals surface area contributed by atoms with Crippen LogP contribution in [0.1, 0.15) is 38.8 Å². The molecule has 102 valence electrons. The molecule has 0 aliphatic heterocycles. The van der Waals surface area contributed by atoms with Gasteiger partial charge in [0.05, 0.1) is 22.8 Å². The van der Waals surface area contributed by atoms with E-state index in [1.165, 1.54) is 0 Å². The predicted molar refractivity (Wildman–Crippen MR) is 75.0 cm³/mol. The van der Waals surface area contributed by atoms with E-state index in [2.05, 4.69) is 6.07 Å². The van der Waals surface area contributed by atoms with Crippen molar-refractivity contribution in [1.29, 1.82) is 5.26 Å². The molecule has 0 saturated carbocycles. The molecule has 0 aromatic heterocycles. The molecule has 1 aromatic carbocycles. The molecule has 0 unspecified atom stereocenters. The zero-order valence-electron chi connectivity index (χ0n) is 12.1. The highest BCUT2D eigenvalue weighted by Gasteiger charge is 2.39. The molecule has 0 amide bonds. The van der Waals surface area contributed by atoms with Gasteiger partial charge in [0.25, 0.3) is 0 Å². The number of hydrogen-bond donors (Lipinski definition) is 2. The first-order valence-corrected chi connectivity index (χ1v) is 6.17. The summed E-state index contributed by atoms with van der Waals surface area (Å²) in [6, 6.07) is 7.14. The fraction of sp³-hybridized carbons (Fsp3) is 0.500. The topological polar surface area (TPSA) is 73.5 Å². The molecule has 0 aliphatic carbocycles. The lowest BCUT2D eigenvalue weighted by molar-refractivity contribution is -0.0982. The SMILES string of the molecule is Cc1ccc(B(O)OC(C)(C)C(C)(C)O)cc1C#N. The van der Waals surface area contributed by atoms with Crippen LogP contribution in [0.2, 0.25) is 0 Å². The Kier molecular flexibility index (Phi) is 4.41. The predicted octanol–water partition coefficient (Wildman–Crippen LogP) is 1.12. The summed E-state index contributed by atoms with van der Waals surface area (Å²) in [6.07, 6.45) is 0. The van der Waals surface area contributed by atoms with Gasteiger partial charge in [-0.05, 0) is 51.7 Å². The van der Waals surface area contributed by atoms with Gasteiger partial charge < -0.3 is 14.8 Å². The van der Waals surface area contributed by atoms with Crippen LogP contribution in [-0.4, -0.2) is 28.5 Å². The number of rotatable bonds is 4. The fourth-order valence-electron chi connectivity index (χ4n) is 1.40. The van der Waals surface area contributed by atoms with Crippen LogP contribution >= 0.6 is 0 Å². The second kappa shape index (κ2) is 5.34. The van der Waals surface area contributed by atoms with Gasteiger partial charge in [0, 0.05) is 0 Å². The van der Waals surface area contributed by atoms with Crippen LogP contribution in [0, 0.1) is 18.3 Å². The van der Waals surface area contributed by atoms with Crippen molar-refractivity contribution in [2.75, 3.05) is 0 Å². The van der Waals surface area contributed by atoms with Crippen molar-refractivity contribution < 1.29 is 14.8 Å². The lowest BCUT2D eigenvalue weighted by Crippen LogP contribution is -2.53. The molecule has 1 rings (SSSR count). The normalized spacial score (nSPS) is 12.1. The van der Waals surface area contributed by atoms with Crippen LogP contribution in [0.15, 0.2) is 18.2 Å². The molecule has 0 atom stereocenters. The maximum atomic E-state index is 10.1. The second-order valence-electron chi connectivity index (χ2n) is 5.73. The monoisotopic (exact) mass is 261 g/mol. The van der Waals surface area contributed by atoms with Crippen LogP contribution in [-0.2, 0) is 4.65 Å². The van der Waals surface area contributed by atoms with Crippen molar-refractivity contribution in [3.8, 4) is 6.07 Å². The summed E-state index contributed by atoms with van der Waals surface area (Å²) in [5.74, 6) is 0. The zero-order valence-corrected chi connectivity index (χ0v) is 12.1. The lowest BCUT2D eigenvalue weighted by Gasteiger charge is -2.38. The summed E-state index contributed by atoms with van der Waals surface area (Å²) in [5, 5.41) is 29.1. The van der Waals surface area contributed by atoms with Crippen LogP contribution in [0.25, 0.3) is 0 Å². The Hall–Kier alpha value is -1.35. The third-order valence-electron chi connectivity index (χ3n) is 3.55. The highest BCUT2D eigenvalue weighted by molar-refractivity contribution is 6.60. The number of nitrogens with zero attached hydrogens (tertiary/aromatic N) is 1. The first-order valence-electron chi connectivity index (χ1n) is 6.17. The molecule has 0 bridgehead atoms. The smallest absolute Gasteiger partial charge is 0.423 e. The van der Waals surface area contributed by atoms with Gasteiger partial charge >= 0.3 is 7.12 Å². The van der Waals surface area contributed by atoms with Gasteiger partial charge in [0.2, 0.25) is 0 Å². The molecule has 5 heteroatoms. The molecular formula is C14H20BNO3. The Balaban J connectivity index is 2.97. The highest BCUT2D eigenvalue weighted by Crippen LogP contribution is 2.25. The van der Waals surface area contributed by atoms with Crippen molar-refractivity contribution in [3.63, 3.8) is 0 Å². The van der Waals surface area contributed by atoms with Crippen LogP contribution in [0.3, 0.4) is 0 Å². The van der Waals surface area contributed by atoms with Crippen molar-refractivity contribution in [2.45, 2.75) is 45.8 Å². The molecule has 0 radical (unpaired) electrons. The average Bonchev–Trinajstić information content (AvgIpc) is 2.27. The molecule has 0 heterocycles. The van der Waals surface area contributed by atoms with Crippen LogP contribution < -0.4 is 5.46 Å². The summed E-state index contributed by atoms with van der Waals surface area (Å²) in [4.78, 5) is 0. The molecule has 0 fully saturated rings. The van der Waals surface area contributed by atoms with Gasteiger partial charge in [-0.25, -0.2) is 0 Å². The number of nitriles is 1. The zero-order chi connectivity index (χ0) is 14.8. The number of hydrogen-bond acceptors (Lipinski definition) is 4. The Morgan fingerprint density at radius 2 is 1.84 bits per heavy atom. The van der Waals surface area contributed by atoms with Crippen molar-refractivity contribution in [2.24, 2.45) is 0 Å². The van der Waals surface area contributed by atoms with E-state index in [0.717, 1.165) is 5.56 Å². The summed E-state index contributed by atoms with van der Waals surface area (Å²) >= 11 is 0. The molecule has 2 N–H and O–H groups in total. The Morgan fingerprint density at radius 3 is 2.32 bits per heavy atom. The third kappa shape index (κ3) is 3.57. The molecule has 0 aliphatic rings. The number of aliphatic hydroxyl groups is 1. The lowest BCUT2D eigenvalue weighted by atomic mass is 9.75. The maximum Gasteiger partial charge on any atom is 0.491 e. The van der Waals surface area contributed by atoms with E-state index in [1.807, 2.05) is 6.92 Å². The number of aryl methyl sites for hydroxylation is 1. The van der Waals surface area contributed by atoms with Gasteiger partial charge in [-0.2, -0.15) is 5.26 Å². The minimum absolute atomic E-state index is 0.500. The van der Waals surface area contributed by atoms with E-state index in [9.17, 15) is 10.1 Å². The molecule has 0 spiro atoms. The van der Waals surface area contributed by atoms with Crippen molar-refractivity contribution in [3.05, 3.63) is 29.3 Å². The van der Waals surface area contributed by atoms with Crippen LogP contribution in [0.5, 0.6) is 0 Å². The first kappa shape index (κ1) is 15.7. The maximum absolute atomic E-state index is 10.1. The molecule has 0 saturated heterocycles. The largest absolute Gasteiger partial charge is 0.491 e. The van der Waals surface area contributed by atoms with Crippen molar-refractivity contribution >= 4 is 12.6 Å². The van der Waals surface area contributed by atoms with E-state index >= 15 is 0 Å². The highest BCUT2D eigenvalue weighted by atomic mass is 16.5. The van der Waals surface area contributed by atoms with E-state index in [0.29, 0.717) is 11.0 Å². The van der Waals surface area contributed by atoms with E-state index in [1.54, 1.807) is 45.9 Å². The van der Waals surface area contributed by atoms with Gasteiger partial charge in [-0.15, -0.1) is 0 Å². The average molecular weight is 261 g/mol. The summed E-state index contributed by atoms with van der Waals surface area (Å²) < 4.78 is 5.52.